The Morgan fingerprint density at radius 2 is 1.77 bits per heavy atom. The topological polar surface area (TPSA) is 77.1 Å². The van der Waals surface area contributed by atoms with Crippen molar-refractivity contribution < 1.29 is 23.8 Å². The Hall–Kier alpha value is -1.50. The van der Waals surface area contributed by atoms with Gasteiger partial charge >= 0.3 is 12.2 Å². The molecule has 2 amide bonds. The largest absolute Gasteiger partial charge is 0.446 e. The predicted molar refractivity (Wildman–Crippen MR) is 165 cm³/mol. The summed E-state index contributed by atoms with van der Waals surface area (Å²) in [6.45, 7) is 18.4. The quantitative estimate of drug-likeness (QED) is 0.356. The summed E-state index contributed by atoms with van der Waals surface area (Å²) in [5.74, 6) is 3.50. The van der Waals surface area contributed by atoms with Crippen molar-refractivity contribution in [1.29, 1.82) is 0 Å². The van der Waals surface area contributed by atoms with Crippen molar-refractivity contribution in [1.82, 2.24) is 10.2 Å². The molecule has 1 N–H and O–H groups in total. The van der Waals surface area contributed by atoms with Crippen LogP contribution in [0.2, 0.25) is 0 Å². The molecule has 5 saturated carbocycles. The Morgan fingerprint density at radius 3 is 2.44 bits per heavy atom. The molecule has 0 aromatic carbocycles. The molecule has 2 saturated heterocycles. The smallest absolute Gasteiger partial charge is 0.410 e. The summed E-state index contributed by atoms with van der Waals surface area (Å²) >= 11 is 0. The number of ether oxygens (including phenoxy) is 3. The monoisotopic (exact) mass is 598 g/mol. The lowest BCUT2D eigenvalue weighted by molar-refractivity contribution is -0.165. The Morgan fingerprint density at radius 1 is 1.00 bits per heavy atom. The summed E-state index contributed by atoms with van der Waals surface area (Å²) in [6, 6.07) is 0. The maximum absolute atomic E-state index is 12.8. The average Bonchev–Trinajstić information content (AvgIpc) is 3.47. The maximum atomic E-state index is 12.8. The Kier molecular flexibility index (Phi) is 7.19. The number of amides is 2. The number of carbonyl (C=O) groups is 2. The molecule has 7 nitrogen and oxygen atoms in total. The molecule has 2 aliphatic heterocycles. The van der Waals surface area contributed by atoms with E-state index in [0.29, 0.717) is 46.5 Å². The fourth-order valence-corrected chi connectivity index (χ4v) is 12.9. The lowest BCUT2D eigenvalue weighted by Crippen LogP contribution is -2.56. The van der Waals surface area contributed by atoms with Crippen LogP contribution in [0.5, 0.6) is 0 Å². The summed E-state index contributed by atoms with van der Waals surface area (Å²) in [7, 11) is 0. The van der Waals surface area contributed by atoms with E-state index in [1.165, 1.54) is 44.9 Å². The van der Waals surface area contributed by atoms with Crippen LogP contribution >= 0.6 is 0 Å². The highest BCUT2D eigenvalue weighted by molar-refractivity contribution is 5.68. The van der Waals surface area contributed by atoms with Gasteiger partial charge in [-0.05, 0) is 123 Å². The van der Waals surface area contributed by atoms with Crippen LogP contribution in [0.1, 0.15) is 113 Å². The van der Waals surface area contributed by atoms with Crippen LogP contribution in [-0.4, -0.2) is 61.1 Å². The SMILES string of the molecule is CCNC(=O)O[C@H](C(C)C)C1C[C@@H](C)C2C(CC3C4CC[C@H]5C(C)(C)[C@@H](OC(=O)N6CCC6)CC[C@@]56C[C@@]46CC[C@@]32C)O1. The van der Waals surface area contributed by atoms with E-state index in [-0.39, 0.29) is 47.9 Å². The molecule has 0 bridgehead atoms. The van der Waals surface area contributed by atoms with Gasteiger partial charge in [0.2, 0.25) is 0 Å². The van der Waals surface area contributed by atoms with Gasteiger partial charge in [-0.1, -0.05) is 41.5 Å². The minimum absolute atomic E-state index is 0.0262. The highest BCUT2D eigenvalue weighted by Crippen LogP contribution is 2.87. The van der Waals surface area contributed by atoms with Crippen molar-refractivity contribution in [2.45, 2.75) is 137 Å². The van der Waals surface area contributed by atoms with E-state index in [9.17, 15) is 9.59 Å². The van der Waals surface area contributed by atoms with E-state index in [0.717, 1.165) is 38.3 Å². The van der Waals surface area contributed by atoms with Crippen LogP contribution in [-0.2, 0) is 14.2 Å². The second-order valence-electron chi connectivity index (χ2n) is 17.2. The molecule has 43 heavy (non-hydrogen) atoms. The summed E-state index contributed by atoms with van der Waals surface area (Å²) < 4.78 is 19.2. The van der Waals surface area contributed by atoms with Crippen molar-refractivity contribution in [3.05, 3.63) is 0 Å². The number of likely N-dealkylation sites (tertiary alicyclic amines) is 1. The van der Waals surface area contributed by atoms with E-state index in [4.69, 9.17) is 14.2 Å². The normalized spacial score (nSPS) is 48.0. The van der Waals surface area contributed by atoms with Gasteiger partial charge in [0.1, 0.15) is 12.2 Å². The number of fused-ring (bicyclic) bond motifs is 4. The minimum Gasteiger partial charge on any atom is -0.446 e. The molecular formula is C36H58N2O5. The van der Waals surface area contributed by atoms with Crippen molar-refractivity contribution in [2.75, 3.05) is 19.6 Å². The lowest BCUT2D eigenvalue weighted by atomic mass is 9.46. The number of hydrogen-bond donors (Lipinski definition) is 1. The van der Waals surface area contributed by atoms with E-state index >= 15 is 0 Å². The van der Waals surface area contributed by atoms with Crippen molar-refractivity contribution >= 4 is 12.2 Å². The summed E-state index contributed by atoms with van der Waals surface area (Å²) in [4.78, 5) is 27.1. The average molecular weight is 599 g/mol. The van der Waals surface area contributed by atoms with Crippen LogP contribution in [0.25, 0.3) is 0 Å². The number of rotatable bonds is 5. The minimum atomic E-state index is -0.322. The van der Waals surface area contributed by atoms with Crippen LogP contribution in [0, 0.1) is 57.2 Å². The second-order valence-corrected chi connectivity index (χ2v) is 17.2. The molecule has 7 heteroatoms. The molecule has 12 atom stereocenters. The number of carbonyl (C=O) groups excluding carboxylic acids is 2. The summed E-state index contributed by atoms with van der Waals surface area (Å²) in [6.07, 6.45) is 11.8. The molecule has 0 radical (unpaired) electrons. The first-order valence-corrected chi connectivity index (χ1v) is 17.9. The van der Waals surface area contributed by atoms with E-state index in [1.54, 1.807) is 0 Å². The maximum Gasteiger partial charge on any atom is 0.410 e. The van der Waals surface area contributed by atoms with Gasteiger partial charge in [0, 0.05) is 25.0 Å². The number of nitrogens with zero attached hydrogens (tertiary/aromatic N) is 1. The van der Waals surface area contributed by atoms with Crippen LogP contribution in [0.3, 0.4) is 0 Å². The molecule has 2 spiro atoms. The van der Waals surface area contributed by atoms with Crippen molar-refractivity contribution in [3.63, 3.8) is 0 Å². The molecule has 0 aromatic heterocycles. The summed E-state index contributed by atoms with van der Waals surface area (Å²) in [5, 5.41) is 2.82. The highest BCUT2D eigenvalue weighted by atomic mass is 16.6. The number of nitrogens with one attached hydrogen (secondary N) is 1. The first kappa shape index (κ1) is 30.2. The molecule has 7 rings (SSSR count). The van der Waals surface area contributed by atoms with E-state index in [1.807, 2.05) is 11.8 Å². The van der Waals surface area contributed by atoms with Crippen molar-refractivity contribution in [2.24, 2.45) is 57.2 Å². The van der Waals surface area contributed by atoms with E-state index < -0.39 is 0 Å². The van der Waals surface area contributed by atoms with Gasteiger partial charge in [0.05, 0.1) is 12.2 Å². The fourth-order valence-electron chi connectivity index (χ4n) is 12.9. The molecule has 242 valence electrons. The van der Waals surface area contributed by atoms with Crippen LogP contribution in [0.4, 0.5) is 9.59 Å². The Bertz CT molecular complexity index is 1120. The van der Waals surface area contributed by atoms with Gasteiger partial charge in [-0.15, -0.1) is 0 Å². The molecule has 0 aromatic rings. The number of alkyl carbamates (subject to hydrolysis) is 1. The predicted octanol–water partition coefficient (Wildman–Crippen LogP) is 7.42. The second kappa shape index (κ2) is 10.3. The zero-order valence-electron chi connectivity index (χ0n) is 28.0. The third-order valence-electron chi connectivity index (χ3n) is 14.8. The van der Waals surface area contributed by atoms with Crippen LogP contribution < -0.4 is 5.32 Å². The van der Waals surface area contributed by atoms with Gasteiger partial charge in [-0.25, -0.2) is 9.59 Å². The van der Waals surface area contributed by atoms with Crippen LogP contribution in [0.15, 0.2) is 0 Å². The summed E-state index contributed by atoms with van der Waals surface area (Å²) in [5.41, 5.74) is 1.27. The van der Waals surface area contributed by atoms with Gasteiger partial charge in [0.15, 0.2) is 0 Å². The van der Waals surface area contributed by atoms with Gasteiger partial charge in [-0.2, -0.15) is 0 Å². The third-order valence-corrected chi connectivity index (χ3v) is 14.8. The first-order chi connectivity index (χ1) is 20.4. The highest BCUT2D eigenvalue weighted by Gasteiger charge is 2.81. The molecule has 5 aliphatic carbocycles. The molecule has 5 unspecified atom stereocenters. The fraction of sp³-hybridized carbons (Fsp3) is 0.944. The number of hydrogen-bond acceptors (Lipinski definition) is 5. The standard InChI is InChI=1S/C36H58N2O5/c1-8-37-31(39)43-30(21(2)3)26-18-22(4)29-25(41-26)19-24-23-10-11-27-33(5,6)28(42-32(40)38-16-9-17-38)12-13-36(27)20-35(23,36)15-14-34(24,29)7/h21-30H,8-20H2,1-7H3,(H,37,39)/t22-,23?,24?,25?,26?,27+,28+,29?,30-,34+,35+,36-/m1/s1. The Labute approximate surface area is 259 Å². The molecule has 7 fully saturated rings. The van der Waals surface area contributed by atoms with Gasteiger partial charge in [0.25, 0.3) is 0 Å². The Balaban J connectivity index is 1.08. The lowest BCUT2D eigenvalue weighted by Gasteiger charge is -2.59. The zero-order chi connectivity index (χ0) is 30.5. The third kappa shape index (κ3) is 4.28. The van der Waals surface area contributed by atoms with Gasteiger partial charge < -0.3 is 24.4 Å². The molecule has 7 aliphatic rings. The van der Waals surface area contributed by atoms with Crippen molar-refractivity contribution in [3.8, 4) is 0 Å². The molecular weight excluding hydrogens is 540 g/mol. The molecule has 2 heterocycles. The van der Waals surface area contributed by atoms with Gasteiger partial charge in [-0.3, -0.25) is 0 Å². The van der Waals surface area contributed by atoms with E-state index in [2.05, 4.69) is 46.9 Å². The first-order valence-electron chi connectivity index (χ1n) is 17.9. The zero-order valence-corrected chi connectivity index (χ0v) is 28.0.